The normalized spacial score (nSPS) is 34.3. The first-order valence-corrected chi connectivity index (χ1v) is 6.46. The fraction of sp³-hybridized carbons (Fsp3) is 0.846. The molecule has 19 heavy (non-hydrogen) atoms. The van der Waals surface area contributed by atoms with E-state index < -0.39 is 28.7 Å². The summed E-state index contributed by atoms with van der Waals surface area (Å²) in [7, 11) is 0. The average Bonchev–Trinajstić information content (AvgIpc) is 2.68. The van der Waals surface area contributed by atoms with E-state index >= 15 is 0 Å². The monoisotopic (exact) mass is 271 g/mol. The fourth-order valence-electron chi connectivity index (χ4n) is 2.84. The van der Waals surface area contributed by atoms with Gasteiger partial charge in [0.2, 0.25) is 0 Å². The van der Waals surface area contributed by atoms with E-state index in [1.54, 1.807) is 20.8 Å². The molecule has 0 aromatic carbocycles. The molecule has 3 fully saturated rings. The maximum absolute atomic E-state index is 11.7. The number of carbonyl (C=O) groups excluding carboxylic acids is 1. The number of rotatable bonds is 3. The molecule has 0 radical (unpaired) electrons. The Kier molecular flexibility index (Phi) is 3.04. The molecule has 6 heteroatoms. The first-order valence-electron chi connectivity index (χ1n) is 6.46. The first kappa shape index (κ1) is 14.1. The molecule has 2 aliphatic heterocycles. The first-order chi connectivity index (χ1) is 8.59. The van der Waals surface area contributed by atoms with Gasteiger partial charge in [-0.2, -0.15) is 0 Å². The van der Waals surface area contributed by atoms with Crippen LogP contribution in [0.2, 0.25) is 0 Å². The molecule has 1 aliphatic carbocycles. The van der Waals surface area contributed by atoms with Crippen LogP contribution in [0.1, 0.15) is 40.5 Å². The molecule has 1 atom stereocenters. The van der Waals surface area contributed by atoms with Gasteiger partial charge in [-0.25, -0.2) is 4.79 Å². The lowest BCUT2D eigenvalue weighted by molar-refractivity contribution is -0.154. The molecule has 2 bridgehead atoms. The summed E-state index contributed by atoms with van der Waals surface area (Å²) in [5, 5.41) is 11.9. The van der Waals surface area contributed by atoms with Crippen molar-refractivity contribution in [3.63, 3.8) is 0 Å². The largest absolute Gasteiger partial charge is 0.481 e. The van der Waals surface area contributed by atoms with Gasteiger partial charge in [-0.15, -0.1) is 0 Å². The summed E-state index contributed by atoms with van der Waals surface area (Å²) in [6, 6.07) is -0.266. The van der Waals surface area contributed by atoms with E-state index in [9.17, 15) is 9.59 Å². The van der Waals surface area contributed by atoms with Crippen LogP contribution < -0.4 is 5.32 Å². The van der Waals surface area contributed by atoms with Crippen LogP contribution in [0.4, 0.5) is 4.79 Å². The van der Waals surface area contributed by atoms with Crippen molar-refractivity contribution in [1.82, 2.24) is 5.32 Å². The van der Waals surface area contributed by atoms with Crippen molar-refractivity contribution in [2.24, 2.45) is 5.41 Å². The zero-order chi connectivity index (χ0) is 14.5. The summed E-state index contributed by atoms with van der Waals surface area (Å²) >= 11 is 0. The maximum Gasteiger partial charge on any atom is 0.407 e. The molecule has 2 saturated heterocycles. The zero-order valence-corrected chi connectivity index (χ0v) is 11.8. The van der Waals surface area contributed by atoms with Crippen molar-refractivity contribution in [1.29, 1.82) is 0 Å². The Balaban J connectivity index is 1.91. The number of amides is 1. The molecule has 0 aromatic heterocycles. The number of ether oxygens (including phenoxy) is 2. The number of carboxylic acid groups (broad SMARTS) is 1. The third-order valence-corrected chi connectivity index (χ3v) is 3.89. The number of alkyl carbamates (subject to hydrolysis) is 1. The molecule has 1 saturated carbocycles. The smallest absolute Gasteiger partial charge is 0.407 e. The van der Waals surface area contributed by atoms with Crippen LogP contribution in [0, 0.1) is 5.41 Å². The van der Waals surface area contributed by atoms with Crippen LogP contribution in [0.3, 0.4) is 0 Å². The lowest BCUT2D eigenvalue weighted by Crippen LogP contribution is -2.59. The number of aliphatic carboxylic acids is 1. The van der Waals surface area contributed by atoms with Crippen LogP contribution in [-0.2, 0) is 14.3 Å². The van der Waals surface area contributed by atoms with Gasteiger partial charge in [-0.1, -0.05) is 0 Å². The molecular weight excluding hydrogens is 250 g/mol. The van der Waals surface area contributed by atoms with Gasteiger partial charge in [0.05, 0.1) is 23.7 Å². The second-order valence-electron chi connectivity index (χ2n) is 6.66. The lowest BCUT2D eigenvalue weighted by Gasteiger charge is -2.45. The lowest BCUT2D eigenvalue weighted by atomic mass is 9.60. The SMILES string of the molecule is CC(NC(=O)OC(C)(C)C)C12CC(C(=O)O)(CO1)C2. The van der Waals surface area contributed by atoms with Crippen molar-refractivity contribution in [3.05, 3.63) is 0 Å². The third-order valence-electron chi connectivity index (χ3n) is 3.89. The predicted octanol–water partition coefficient (Wildman–Crippen LogP) is 1.53. The molecule has 1 amide bonds. The molecule has 6 nitrogen and oxygen atoms in total. The molecule has 2 N–H and O–H groups in total. The number of hydrogen-bond acceptors (Lipinski definition) is 4. The van der Waals surface area contributed by atoms with Crippen LogP contribution in [0.25, 0.3) is 0 Å². The molecule has 0 aromatic rings. The number of carboxylic acids is 1. The highest BCUT2D eigenvalue weighted by Crippen LogP contribution is 2.59. The summed E-state index contributed by atoms with van der Waals surface area (Å²) in [4.78, 5) is 22.8. The van der Waals surface area contributed by atoms with Crippen molar-refractivity contribution >= 4 is 12.1 Å². The van der Waals surface area contributed by atoms with E-state index in [0.717, 1.165) is 0 Å². The Bertz CT molecular complexity index is 406. The number of nitrogens with one attached hydrogen (secondary N) is 1. The van der Waals surface area contributed by atoms with Gasteiger partial charge < -0.3 is 19.9 Å². The second-order valence-corrected chi connectivity index (χ2v) is 6.66. The Hall–Kier alpha value is -1.30. The van der Waals surface area contributed by atoms with Gasteiger partial charge in [-0.05, 0) is 40.5 Å². The molecule has 3 aliphatic rings. The van der Waals surface area contributed by atoms with Gasteiger partial charge in [0.25, 0.3) is 0 Å². The Morgan fingerprint density at radius 3 is 2.37 bits per heavy atom. The summed E-state index contributed by atoms with van der Waals surface area (Å²) in [6.45, 7) is 7.42. The van der Waals surface area contributed by atoms with Gasteiger partial charge in [0, 0.05) is 0 Å². The summed E-state index contributed by atoms with van der Waals surface area (Å²) < 4.78 is 10.8. The number of fused-ring (bicyclic) bond motifs is 1. The van der Waals surface area contributed by atoms with Crippen molar-refractivity contribution in [2.75, 3.05) is 6.61 Å². The molecule has 108 valence electrons. The summed E-state index contributed by atoms with van der Waals surface area (Å²) in [5.41, 5.74) is -1.85. The van der Waals surface area contributed by atoms with E-state index in [4.69, 9.17) is 14.6 Å². The predicted molar refractivity (Wildman–Crippen MR) is 66.8 cm³/mol. The van der Waals surface area contributed by atoms with E-state index in [0.29, 0.717) is 12.8 Å². The van der Waals surface area contributed by atoms with Crippen molar-refractivity contribution < 1.29 is 24.2 Å². The zero-order valence-electron chi connectivity index (χ0n) is 11.8. The van der Waals surface area contributed by atoms with Crippen molar-refractivity contribution in [3.8, 4) is 0 Å². The van der Waals surface area contributed by atoms with E-state index in [-0.39, 0.29) is 12.6 Å². The van der Waals surface area contributed by atoms with E-state index in [1.807, 2.05) is 6.92 Å². The van der Waals surface area contributed by atoms with Crippen molar-refractivity contribution in [2.45, 2.75) is 57.8 Å². The van der Waals surface area contributed by atoms with Gasteiger partial charge in [0.15, 0.2) is 0 Å². The van der Waals surface area contributed by atoms with E-state index in [1.165, 1.54) is 0 Å². The topological polar surface area (TPSA) is 84.9 Å². The number of hydrogen-bond donors (Lipinski definition) is 2. The summed E-state index contributed by atoms with van der Waals surface area (Å²) in [6.07, 6.45) is 0.399. The quantitative estimate of drug-likeness (QED) is 0.813. The molecule has 3 rings (SSSR count). The highest BCUT2D eigenvalue weighted by molar-refractivity contribution is 5.78. The molecule has 1 unspecified atom stereocenters. The van der Waals surface area contributed by atoms with Crippen LogP contribution in [0.15, 0.2) is 0 Å². The molecule has 0 spiro atoms. The Labute approximate surface area is 112 Å². The molecular formula is C13H21NO5. The Morgan fingerprint density at radius 2 is 1.95 bits per heavy atom. The standard InChI is InChI=1S/C13H21NO5/c1-8(14-10(17)19-11(2,3)4)13-5-12(6-13,7-18-13)9(15)16/h8H,5-7H2,1-4H3,(H,14,17)(H,15,16). The van der Waals surface area contributed by atoms with E-state index in [2.05, 4.69) is 5.32 Å². The Morgan fingerprint density at radius 1 is 1.37 bits per heavy atom. The highest BCUT2D eigenvalue weighted by atomic mass is 16.6. The molecule has 2 heterocycles. The van der Waals surface area contributed by atoms with Crippen LogP contribution >= 0.6 is 0 Å². The fourth-order valence-corrected chi connectivity index (χ4v) is 2.84. The van der Waals surface area contributed by atoms with Gasteiger partial charge in [0.1, 0.15) is 5.60 Å². The minimum Gasteiger partial charge on any atom is -0.481 e. The minimum absolute atomic E-state index is 0.225. The average molecular weight is 271 g/mol. The van der Waals surface area contributed by atoms with Gasteiger partial charge >= 0.3 is 12.1 Å². The second kappa shape index (κ2) is 4.10. The van der Waals surface area contributed by atoms with Crippen LogP contribution in [-0.4, -0.2) is 41.0 Å². The third kappa shape index (κ3) is 2.41. The number of carbonyl (C=O) groups is 2. The minimum atomic E-state index is -0.815. The van der Waals surface area contributed by atoms with Crippen LogP contribution in [0.5, 0.6) is 0 Å². The van der Waals surface area contributed by atoms with Gasteiger partial charge in [-0.3, -0.25) is 4.79 Å². The highest BCUT2D eigenvalue weighted by Gasteiger charge is 2.68. The maximum atomic E-state index is 11.7. The summed E-state index contributed by atoms with van der Waals surface area (Å²) in [5.74, 6) is -0.815.